The van der Waals surface area contributed by atoms with Gasteiger partial charge in [-0.15, -0.1) is 0 Å². The van der Waals surface area contributed by atoms with Gasteiger partial charge in [-0.3, -0.25) is 4.79 Å². The molecular weight excluding hydrogens is 316 g/mol. The monoisotopic (exact) mass is 342 g/mol. The van der Waals surface area contributed by atoms with Crippen LogP contribution in [0.3, 0.4) is 0 Å². The van der Waals surface area contributed by atoms with E-state index in [2.05, 4.69) is 20.8 Å². The number of carbonyl (C=O) groups is 1. The number of hydrogen-bond donors (Lipinski definition) is 1. The summed E-state index contributed by atoms with van der Waals surface area (Å²) < 4.78 is 5.89. The zero-order valence-corrected chi connectivity index (χ0v) is 15.3. The van der Waals surface area contributed by atoms with Crippen LogP contribution in [0.1, 0.15) is 39.7 Å². The number of carbonyl (C=O) groups excluding carboxylic acids is 1. The zero-order chi connectivity index (χ0) is 18.6. The van der Waals surface area contributed by atoms with Gasteiger partial charge in [0, 0.05) is 6.54 Å². The van der Waals surface area contributed by atoms with Crippen molar-refractivity contribution in [3.8, 4) is 6.07 Å². The fourth-order valence-corrected chi connectivity index (χ4v) is 2.85. The van der Waals surface area contributed by atoms with Gasteiger partial charge in [-0.25, -0.2) is 0 Å². The van der Waals surface area contributed by atoms with Gasteiger partial charge < -0.3 is 14.7 Å². The molecule has 0 saturated heterocycles. The van der Waals surface area contributed by atoms with E-state index in [0.29, 0.717) is 13.2 Å². The van der Waals surface area contributed by atoms with Gasteiger partial charge in [-0.05, 0) is 24.3 Å². The van der Waals surface area contributed by atoms with E-state index in [-0.39, 0.29) is 16.7 Å². The predicted octanol–water partition coefficient (Wildman–Crippen LogP) is 3.57. The second kappa shape index (κ2) is 7.71. The highest BCUT2D eigenvalue weighted by Crippen LogP contribution is 2.30. The lowest BCUT2D eigenvalue weighted by molar-refractivity contribution is -0.130. The van der Waals surface area contributed by atoms with E-state index in [1.807, 2.05) is 43.3 Å². The number of aliphatic hydroxyl groups is 1. The van der Waals surface area contributed by atoms with Gasteiger partial charge in [-0.1, -0.05) is 51.1 Å². The number of benzene rings is 1. The summed E-state index contributed by atoms with van der Waals surface area (Å²) in [5.74, 6) is -0.591. The van der Waals surface area contributed by atoms with Crippen LogP contribution < -0.4 is 0 Å². The summed E-state index contributed by atoms with van der Waals surface area (Å²) in [5, 5.41) is 19.6. The average Bonchev–Trinajstić information content (AvgIpc) is 2.80. The molecule has 0 fully saturated rings. The molecule has 0 spiro atoms. The smallest absolute Gasteiger partial charge is 0.268 e. The van der Waals surface area contributed by atoms with Crippen molar-refractivity contribution in [2.45, 2.75) is 52.9 Å². The predicted molar refractivity (Wildman–Crippen MR) is 95.5 cm³/mol. The van der Waals surface area contributed by atoms with Crippen LogP contribution in [0.5, 0.6) is 0 Å². The number of ether oxygens (including phenoxy) is 1. The van der Waals surface area contributed by atoms with Crippen molar-refractivity contribution in [2.24, 2.45) is 5.41 Å². The maximum Gasteiger partial charge on any atom is 0.268 e. The van der Waals surface area contributed by atoms with Crippen molar-refractivity contribution in [3.63, 3.8) is 0 Å². The molecule has 1 aromatic carbocycles. The topological polar surface area (TPSA) is 73.6 Å². The summed E-state index contributed by atoms with van der Waals surface area (Å²) >= 11 is 0. The molecule has 1 N–H and O–H groups in total. The number of aliphatic hydroxyl groups excluding tert-OH is 1. The van der Waals surface area contributed by atoms with E-state index in [4.69, 9.17) is 4.74 Å². The van der Waals surface area contributed by atoms with Gasteiger partial charge in [0.05, 0.1) is 12.7 Å². The summed E-state index contributed by atoms with van der Waals surface area (Å²) in [6, 6.07) is 10.9. The minimum atomic E-state index is -0.617. The number of rotatable bonds is 6. The minimum Gasteiger partial charge on any atom is -0.508 e. The maximum absolute atomic E-state index is 12.5. The lowest BCUT2D eigenvalue weighted by Crippen LogP contribution is -2.44. The van der Waals surface area contributed by atoms with Gasteiger partial charge in [0.15, 0.2) is 5.57 Å². The third-order valence-corrected chi connectivity index (χ3v) is 4.36. The van der Waals surface area contributed by atoms with Crippen LogP contribution in [0.4, 0.5) is 0 Å². The van der Waals surface area contributed by atoms with Crippen LogP contribution in [0.25, 0.3) is 0 Å². The molecule has 0 radical (unpaired) electrons. The van der Waals surface area contributed by atoms with Gasteiger partial charge in [0.2, 0.25) is 0 Å². The normalized spacial score (nSPS) is 19.2. The Morgan fingerprint density at radius 1 is 1.32 bits per heavy atom. The zero-order valence-electron chi connectivity index (χ0n) is 15.3. The number of hydrogen-bond acceptors (Lipinski definition) is 4. The second-order valence-corrected chi connectivity index (χ2v) is 7.63. The van der Waals surface area contributed by atoms with Crippen molar-refractivity contribution in [1.82, 2.24) is 4.90 Å². The number of amides is 1. The van der Waals surface area contributed by atoms with Crippen LogP contribution in [0, 0.1) is 16.7 Å². The van der Waals surface area contributed by atoms with E-state index in [0.717, 1.165) is 12.0 Å². The number of nitrogens with zero attached hydrogens (tertiary/aromatic N) is 2. The molecular formula is C20H26N2O3. The molecule has 1 unspecified atom stereocenters. The Balaban J connectivity index is 2.13. The van der Waals surface area contributed by atoms with E-state index < -0.39 is 18.1 Å². The summed E-state index contributed by atoms with van der Waals surface area (Å²) in [6.07, 6.45) is 0.349. The standard InChI is InChI=1S/C20H26N2O3/c1-14(25-13-15-8-6-5-7-9-15)17-18(23)16(12-21)19(24)22(17)11-10-20(2,3)4/h5-9,14,17,23H,10-11,13H2,1-4H3/t14?,17-/m0/s1. The largest absolute Gasteiger partial charge is 0.508 e. The van der Waals surface area contributed by atoms with Crippen molar-refractivity contribution >= 4 is 5.91 Å². The SMILES string of the molecule is CC(OCc1ccccc1)[C@H]1C(O)=C(C#N)C(=O)N1CCC(C)(C)C. The van der Waals surface area contributed by atoms with E-state index in [1.54, 1.807) is 4.90 Å². The summed E-state index contributed by atoms with van der Waals surface area (Å²) in [5.41, 5.74) is 0.891. The summed E-state index contributed by atoms with van der Waals surface area (Å²) in [4.78, 5) is 14.0. The molecule has 1 aliphatic heterocycles. The van der Waals surface area contributed by atoms with Gasteiger partial charge in [-0.2, -0.15) is 5.26 Å². The summed E-state index contributed by atoms with van der Waals surface area (Å²) in [6.45, 7) is 8.96. The van der Waals surface area contributed by atoms with Crippen molar-refractivity contribution in [1.29, 1.82) is 5.26 Å². The van der Waals surface area contributed by atoms with Crippen LogP contribution in [-0.2, 0) is 16.1 Å². The molecule has 1 heterocycles. The minimum absolute atomic E-state index is 0.0456. The highest BCUT2D eigenvalue weighted by molar-refractivity contribution is 6.00. The first kappa shape index (κ1) is 19.0. The quantitative estimate of drug-likeness (QED) is 0.857. The van der Waals surface area contributed by atoms with E-state index in [9.17, 15) is 15.2 Å². The molecule has 134 valence electrons. The van der Waals surface area contributed by atoms with E-state index in [1.165, 1.54) is 0 Å². The van der Waals surface area contributed by atoms with Crippen molar-refractivity contribution in [2.75, 3.05) is 6.54 Å². The second-order valence-electron chi connectivity index (χ2n) is 7.63. The Bertz CT molecular complexity index is 683. The molecule has 2 atom stereocenters. The first-order valence-corrected chi connectivity index (χ1v) is 8.54. The molecule has 1 aromatic rings. The Labute approximate surface area is 149 Å². The first-order valence-electron chi connectivity index (χ1n) is 8.54. The Morgan fingerprint density at radius 3 is 2.52 bits per heavy atom. The molecule has 0 aromatic heterocycles. The molecule has 0 aliphatic carbocycles. The van der Waals surface area contributed by atoms with E-state index >= 15 is 0 Å². The Kier molecular flexibility index (Phi) is 5.86. The van der Waals surface area contributed by atoms with Crippen LogP contribution >= 0.6 is 0 Å². The molecule has 0 bridgehead atoms. The fourth-order valence-electron chi connectivity index (χ4n) is 2.85. The molecule has 5 heteroatoms. The highest BCUT2D eigenvalue weighted by Gasteiger charge is 2.43. The van der Waals surface area contributed by atoms with Crippen LogP contribution in [0.2, 0.25) is 0 Å². The number of nitriles is 1. The van der Waals surface area contributed by atoms with Crippen molar-refractivity contribution < 1.29 is 14.6 Å². The molecule has 1 aliphatic rings. The fraction of sp³-hybridized carbons (Fsp3) is 0.500. The molecule has 2 rings (SSSR count). The molecule has 5 nitrogen and oxygen atoms in total. The van der Waals surface area contributed by atoms with Gasteiger partial charge in [0.25, 0.3) is 5.91 Å². The molecule has 1 amide bonds. The Morgan fingerprint density at radius 2 is 1.96 bits per heavy atom. The molecule has 25 heavy (non-hydrogen) atoms. The maximum atomic E-state index is 12.5. The first-order chi connectivity index (χ1) is 11.7. The van der Waals surface area contributed by atoms with Crippen LogP contribution in [-0.4, -0.2) is 34.6 Å². The highest BCUT2D eigenvalue weighted by atomic mass is 16.5. The third kappa shape index (κ3) is 4.61. The van der Waals surface area contributed by atoms with Crippen molar-refractivity contribution in [3.05, 3.63) is 47.2 Å². The van der Waals surface area contributed by atoms with Crippen LogP contribution in [0.15, 0.2) is 41.7 Å². The van der Waals surface area contributed by atoms with Gasteiger partial charge >= 0.3 is 0 Å². The summed E-state index contributed by atoms with van der Waals surface area (Å²) in [7, 11) is 0. The molecule has 0 saturated carbocycles. The lowest BCUT2D eigenvalue weighted by Gasteiger charge is -2.32. The Hall–Kier alpha value is -2.32. The third-order valence-electron chi connectivity index (χ3n) is 4.36. The van der Waals surface area contributed by atoms with Gasteiger partial charge in [0.1, 0.15) is 17.9 Å². The lowest BCUT2D eigenvalue weighted by atomic mass is 9.92. The average molecular weight is 342 g/mol.